The Labute approximate surface area is 135 Å². The van der Waals surface area contributed by atoms with Gasteiger partial charge in [0.05, 0.1) is 17.6 Å². The van der Waals surface area contributed by atoms with Crippen LogP contribution < -0.4 is 5.43 Å². The molecule has 0 radical (unpaired) electrons. The number of nitro groups is 1. The van der Waals surface area contributed by atoms with Gasteiger partial charge in [-0.15, -0.1) is 0 Å². The van der Waals surface area contributed by atoms with Gasteiger partial charge in [0.25, 0.3) is 5.69 Å². The highest BCUT2D eigenvalue weighted by Crippen LogP contribution is 2.12. The van der Waals surface area contributed by atoms with Gasteiger partial charge in [0.15, 0.2) is 0 Å². The minimum Gasteiger partial charge on any atom is -0.273 e. The van der Waals surface area contributed by atoms with E-state index >= 15 is 0 Å². The van der Waals surface area contributed by atoms with E-state index in [0.29, 0.717) is 5.56 Å². The number of benzene rings is 2. The molecule has 112 valence electrons. The SMILES string of the molecule is O=C(Cc1ccc(Br)cc1)N/N=C/c1cccc([N+](=O)[O-])c1. The second-order valence-corrected chi connectivity index (χ2v) is 5.36. The number of halogens is 1. The number of rotatable bonds is 5. The Kier molecular flexibility index (Phi) is 5.37. The first-order chi connectivity index (χ1) is 10.5. The van der Waals surface area contributed by atoms with Gasteiger partial charge < -0.3 is 0 Å². The highest BCUT2D eigenvalue weighted by molar-refractivity contribution is 9.10. The maximum Gasteiger partial charge on any atom is 0.270 e. The standard InChI is InChI=1S/C15H12BrN3O3/c16-13-6-4-11(5-7-13)9-15(20)18-17-10-12-2-1-3-14(8-12)19(21)22/h1-8,10H,9H2,(H,18,20)/b17-10+. The molecular weight excluding hydrogens is 350 g/mol. The van der Waals surface area contributed by atoms with Crippen LogP contribution in [0.15, 0.2) is 58.1 Å². The highest BCUT2D eigenvalue weighted by atomic mass is 79.9. The topological polar surface area (TPSA) is 84.6 Å². The van der Waals surface area contributed by atoms with Gasteiger partial charge in [0.2, 0.25) is 5.91 Å². The molecule has 0 atom stereocenters. The Morgan fingerprint density at radius 2 is 2.00 bits per heavy atom. The average molecular weight is 362 g/mol. The molecule has 2 rings (SSSR count). The maximum absolute atomic E-state index is 11.7. The molecule has 22 heavy (non-hydrogen) atoms. The van der Waals surface area contributed by atoms with E-state index < -0.39 is 4.92 Å². The lowest BCUT2D eigenvalue weighted by atomic mass is 10.1. The van der Waals surface area contributed by atoms with Gasteiger partial charge in [0, 0.05) is 22.2 Å². The number of non-ortho nitro benzene ring substituents is 1. The third-order valence-electron chi connectivity index (χ3n) is 2.76. The molecule has 0 aromatic heterocycles. The van der Waals surface area contributed by atoms with E-state index in [9.17, 15) is 14.9 Å². The quantitative estimate of drug-likeness (QED) is 0.504. The summed E-state index contributed by atoms with van der Waals surface area (Å²) in [6.07, 6.45) is 1.58. The Morgan fingerprint density at radius 1 is 1.27 bits per heavy atom. The van der Waals surface area contributed by atoms with Crippen LogP contribution in [0.1, 0.15) is 11.1 Å². The molecule has 0 aliphatic heterocycles. The number of hydrazone groups is 1. The number of carbonyl (C=O) groups is 1. The average Bonchev–Trinajstić information content (AvgIpc) is 2.50. The van der Waals surface area contributed by atoms with Crippen molar-refractivity contribution in [3.8, 4) is 0 Å². The first-order valence-electron chi connectivity index (χ1n) is 6.35. The van der Waals surface area contributed by atoms with E-state index in [1.807, 2.05) is 24.3 Å². The molecule has 7 heteroatoms. The van der Waals surface area contributed by atoms with Crippen molar-refractivity contribution in [2.45, 2.75) is 6.42 Å². The number of hydrogen-bond acceptors (Lipinski definition) is 4. The Balaban J connectivity index is 1.91. The van der Waals surface area contributed by atoms with Crippen LogP contribution in [0.25, 0.3) is 0 Å². The largest absolute Gasteiger partial charge is 0.273 e. The molecule has 6 nitrogen and oxygen atoms in total. The fourth-order valence-corrected chi connectivity index (χ4v) is 1.99. The molecule has 0 saturated carbocycles. The summed E-state index contributed by atoms with van der Waals surface area (Å²) in [5.41, 5.74) is 3.78. The van der Waals surface area contributed by atoms with Gasteiger partial charge in [-0.3, -0.25) is 14.9 Å². The van der Waals surface area contributed by atoms with E-state index in [0.717, 1.165) is 10.0 Å². The number of nitro benzene ring substituents is 1. The van der Waals surface area contributed by atoms with Crippen LogP contribution in [0.3, 0.4) is 0 Å². The predicted molar refractivity (Wildman–Crippen MR) is 86.7 cm³/mol. The number of hydrogen-bond donors (Lipinski definition) is 1. The van der Waals surface area contributed by atoms with Crippen LogP contribution in [0.4, 0.5) is 5.69 Å². The lowest BCUT2D eigenvalue weighted by Crippen LogP contribution is -2.19. The first kappa shape index (κ1) is 15.8. The van der Waals surface area contributed by atoms with Crippen molar-refractivity contribution < 1.29 is 9.72 Å². The molecule has 0 bridgehead atoms. The third kappa shape index (κ3) is 4.78. The zero-order valence-electron chi connectivity index (χ0n) is 11.4. The van der Waals surface area contributed by atoms with E-state index in [1.165, 1.54) is 18.3 Å². The lowest BCUT2D eigenvalue weighted by Gasteiger charge is -2.00. The summed E-state index contributed by atoms with van der Waals surface area (Å²) in [6, 6.07) is 13.4. The van der Waals surface area contributed by atoms with Crippen molar-refractivity contribution in [2.75, 3.05) is 0 Å². The lowest BCUT2D eigenvalue weighted by molar-refractivity contribution is -0.384. The number of amides is 1. The summed E-state index contributed by atoms with van der Waals surface area (Å²) in [7, 11) is 0. The second-order valence-electron chi connectivity index (χ2n) is 4.45. The summed E-state index contributed by atoms with van der Waals surface area (Å²) in [5, 5.41) is 14.4. The molecule has 0 heterocycles. The summed E-state index contributed by atoms with van der Waals surface area (Å²) in [4.78, 5) is 21.9. The monoisotopic (exact) mass is 361 g/mol. The molecule has 0 saturated heterocycles. The molecule has 0 aliphatic carbocycles. The third-order valence-corrected chi connectivity index (χ3v) is 3.29. The molecule has 0 aliphatic rings. The molecule has 1 N–H and O–H groups in total. The molecule has 0 fully saturated rings. The van der Waals surface area contributed by atoms with Crippen molar-refractivity contribution in [2.24, 2.45) is 5.10 Å². The van der Waals surface area contributed by atoms with Crippen molar-refractivity contribution in [3.05, 3.63) is 74.2 Å². The minimum absolute atomic E-state index is 0.0230. The van der Waals surface area contributed by atoms with E-state index in [-0.39, 0.29) is 18.0 Å². The summed E-state index contributed by atoms with van der Waals surface area (Å²) in [5.74, 6) is -0.260. The number of carbonyl (C=O) groups excluding carboxylic acids is 1. The Morgan fingerprint density at radius 3 is 2.68 bits per heavy atom. The van der Waals surface area contributed by atoms with Crippen LogP contribution in [0.2, 0.25) is 0 Å². The Bertz CT molecular complexity index is 714. The van der Waals surface area contributed by atoms with Gasteiger partial charge in [0.1, 0.15) is 0 Å². The zero-order valence-corrected chi connectivity index (χ0v) is 13.0. The minimum atomic E-state index is -0.483. The normalized spacial score (nSPS) is 10.6. The zero-order chi connectivity index (χ0) is 15.9. The van der Waals surface area contributed by atoms with Crippen LogP contribution >= 0.6 is 15.9 Å². The highest BCUT2D eigenvalue weighted by Gasteiger charge is 2.04. The van der Waals surface area contributed by atoms with Crippen LogP contribution in [-0.2, 0) is 11.2 Å². The van der Waals surface area contributed by atoms with Gasteiger partial charge in [-0.2, -0.15) is 5.10 Å². The first-order valence-corrected chi connectivity index (χ1v) is 7.15. The van der Waals surface area contributed by atoms with E-state index in [1.54, 1.807) is 12.1 Å². The fourth-order valence-electron chi connectivity index (χ4n) is 1.72. The smallest absolute Gasteiger partial charge is 0.270 e. The summed E-state index contributed by atoms with van der Waals surface area (Å²) in [6.45, 7) is 0. The van der Waals surface area contributed by atoms with Gasteiger partial charge in [-0.1, -0.05) is 40.2 Å². The maximum atomic E-state index is 11.7. The van der Waals surface area contributed by atoms with Crippen LogP contribution in [0.5, 0.6) is 0 Å². The summed E-state index contributed by atoms with van der Waals surface area (Å²) < 4.78 is 0.945. The van der Waals surface area contributed by atoms with Crippen molar-refractivity contribution in [1.29, 1.82) is 0 Å². The number of nitrogens with one attached hydrogen (secondary N) is 1. The molecule has 2 aromatic carbocycles. The number of nitrogens with zero attached hydrogens (tertiary/aromatic N) is 2. The second kappa shape index (κ2) is 7.46. The molecule has 0 spiro atoms. The molecule has 2 aromatic rings. The fraction of sp³-hybridized carbons (Fsp3) is 0.0667. The summed E-state index contributed by atoms with van der Waals surface area (Å²) >= 11 is 3.32. The van der Waals surface area contributed by atoms with Gasteiger partial charge >= 0.3 is 0 Å². The van der Waals surface area contributed by atoms with Crippen LogP contribution in [0, 0.1) is 10.1 Å². The van der Waals surface area contributed by atoms with Crippen molar-refractivity contribution in [1.82, 2.24) is 5.43 Å². The van der Waals surface area contributed by atoms with Gasteiger partial charge in [-0.25, -0.2) is 5.43 Å². The van der Waals surface area contributed by atoms with Crippen LogP contribution in [-0.4, -0.2) is 17.0 Å². The van der Waals surface area contributed by atoms with E-state index in [2.05, 4.69) is 26.5 Å². The van der Waals surface area contributed by atoms with E-state index in [4.69, 9.17) is 0 Å². The van der Waals surface area contributed by atoms with Gasteiger partial charge in [-0.05, 0) is 17.7 Å². The van der Waals surface area contributed by atoms with Crippen molar-refractivity contribution in [3.63, 3.8) is 0 Å². The molecule has 1 amide bonds. The molecule has 0 unspecified atom stereocenters. The predicted octanol–water partition coefficient (Wildman–Crippen LogP) is 3.05. The Hall–Kier alpha value is -2.54. The van der Waals surface area contributed by atoms with Crippen molar-refractivity contribution >= 4 is 33.7 Å². The molecular formula is C15H12BrN3O3.